The van der Waals surface area contributed by atoms with Crippen LogP contribution in [0.2, 0.25) is 0 Å². The topological polar surface area (TPSA) is 53.1 Å². The number of ether oxygens (including phenoxy) is 1. The zero-order valence-corrected chi connectivity index (χ0v) is 11.1. The maximum absolute atomic E-state index is 5.99. The average Bonchev–Trinajstić information content (AvgIpc) is 2.67. The van der Waals surface area contributed by atoms with Crippen LogP contribution in [0.15, 0.2) is 24.3 Å². The second-order valence-corrected chi connectivity index (χ2v) is 4.22. The maximum Gasteiger partial charge on any atom is 0.241 e. The molecule has 2 rings (SSSR count). The van der Waals surface area contributed by atoms with Gasteiger partial charge in [-0.2, -0.15) is 5.10 Å². The molecular weight excluding hydrogens is 226 g/mol. The fourth-order valence-corrected chi connectivity index (χ4v) is 1.84. The van der Waals surface area contributed by atoms with Gasteiger partial charge in [0.15, 0.2) is 0 Å². The molecule has 0 bridgehead atoms. The summed E-state index contributed by atoms with van der Waals surface area (Å²) in [5.74, 6) is 1.43. The summed E-state index contributed by atoms with van der Waals surface area (Å²) in [5, 5.41) is 4.33. The lowest BCUT2D eigenvalue weighted by atomic mass is 10.2. The van der Waals surface area contributed by atoms with Crippen molar-refractivity contribution in [2.75, 3.05) is 5.73 Å². The Morgan fingerprint density at radius 2 is 2.11 bits per heavy atom. The number of aryl methyl sites for hydroxylation is 3. The Morgan fingerprint density at radius 3 is 2.78 bits per heavy atom. The lowest BCUT2D eigenvalue weighted by molar-refractivity contribution is 0.418. The van der Waals surface area contributed by atoms with Crippen LogP contribution in [-0.2, 0) is 13.0 Å². The minimum atomic E-state index is 0.610. The van der Waals surface area contributed by atoms with Crippen LogP contribution in [-0.4, -0.2) is 9.78 Å². The van der Waals surface area contributed by atoms with Gasteiger partial charge >= 0.3 is 0 Å². The first kappa shape index (κ1) is 12.5. The highest BCUT2D eigenvalue weighted by Gasteiger charge is 2.13. The first-order chi connectivity index (χ1) is 8.65. The summed E-state index contributed by atoms with van der Waals surface area (Å²) in [6.07, 6.45) is 0.985. The molecule has 4 heteroatoms. The van der Waals surface area contributed by atoms with Gasteiger partial charge in [-0.1, -0.05) is 19.1 Å². The smallest absolute Gasteiger partial charge is 0.241 e. The van der Waals surface area contributed by atoms with E-state index >= 15 is 0 Å². The molecule has 1 heterocycles. The SMILES string of the molecule is CCc1cccc(Oc2c(N)c(C)nn2CC)c1. The standard InChI is InChI=1S/C14H19N3O/c1-4-11-7-6-8-12(9-11)18-14-13(15)10(3)16-17(14)5-2/h6-9H,4-5,15H2,1-3H3. The molecular formula is C14H19N3O. The van der Waals surface area contributed by atoms with Crippen molar-refractivity contribution in [1.29, 1.82) is 0 Å². The van der Waals surface area contributed by atoms with E-state index in [1.807, 2.05) is 32.0 Å². The normalized spacial score (nSPS) is 10.6. The molecule has 4 nitrogen and oxygen atoms in total. The molecule has 0 amide bonds. The zero-order chi connectivity index (χ0) is 13.1. The van der Waals surface area contributed by atoms with E-state index in [0.29, 0.717) is 11.6 Å². The molecule has 0 atom stereocenters. The van der Waals surface area contributed by atoms with Crippen molar-refractivity contribution in [1.82, 2.24) is 9.78 Å². The van der Waals surface area contributed by atoms with Crippen molar-refractivity contribution in [2.24, 2.45) is 0 Å². The van der Waals surface area contributed by atoms with Crippen molar-refractivity contribution in [3.63, 3.8) is 0 Å². The lowest BCUT2D eigenvalue weighted by Gasteiger charge is -2.09. The maximum atomic E-state index is 5.99. The van der Waals surface area contributed by atoms with E-state index in [4.69, 9.17) is 10.5 Å². The molecule has 0 aliphatic rings. The average molecular weight is 245 g/mol. The number of benzene rings is 1. The van der Waals surface area contributed by atoms with Crippen LogP contribution in [0.1, 0.15) is 25.1 Å². The van der Waals surface area contributed by atoms with E-state index in [2.05, 4.69) is 18.1 Å². The van der Waals surface area contributed by atoms with Gasteiger partial charge < -0.3 is 10.5 Å². The number of rotatable bonds is 4. The van der Waals surface area contributed by atoms with Crippen LogP contribution in [0, 0.1) is 6.92 Å². The number of hydrogen-bond donors (Lipinski definition) is 1. The van der Waals surface area contributed by atoms with Crippen LogP contribution in [0.3, 0.4) is 0 Å². The Labute approximate surface area is 107 Å². The molecule has 0 saturated heterocycles. The van der Waals surface area contributed by atoms with Crippen molar-refractivity contribution in [3.05, 3.63) is 35.5 Å². The predicted octanol–water partition coefficient (Wildman–Crippen LogP) is 3.15. The number of aromatic nitrogens is 2. The largest absolute Gasteiger partial charge is 0.437 e. The fraction of sp³-hybridized carbons (Fsp3) is 0.357. The highest BCUT2D eigenvalue weighted by atomic mass is 16.5. The summed E-state index contributed by atoms with van der Waals surface area (Å²) in [6, 6.07) is 8.03. The molecule has 1 aromatic carbocycles. The molecule has 0 unspecified atom stereocenters. The highest BCUT2D eigenvalue weighted by Crippen LogP contribution is 2.30. The van der Waals surface area contributed by atoms with Gasteiger partial charge in [-0.3, -0.25) is 0 Å². The molecule has 96 valence electrons. The van der Waals surface area contributed by atoms with Crippen molar-refractivity contribution < 1.29 is 4.74 Å². The highest BCUT2D eigenvalue weighted by molar-refractivity contribution is 5.54. The van der Waals surface area contributed by atoms with Crippen LogP contribution < -0.4 is 10.5 Å². The van der Waals surface area contributed by atoms with Gasteiger partial charge in [-0.05, 0) is 38.0 Å². The Morgan fingerprint density at radius 1 is 1.33 bits per heavy atom. The second-order valence-electron chi connectivity index (χ2n) is 4.22. The molecule has 1 aromatic heterocycles. The van der Waals surface area contributed by atoms with E-state index < -0.39 is 0 Å². The number of nitrogen functional groups attached to an aromatic ring is 1. The molecule has 0 aliphatic carbocycles. The quantitative estimate of drug-likeness (QED) is 0.900. The van der Waals surface area contributed by atoms with Crippen LogP contribution >= 0.6 is 0 Å². The first-order valence-corrected chi connectivity index (χ1v) is 6.25. The van der Waals surface area contributed by atoms with Crippen molar-refractivity contribution in [3.8, 4) is 11.6 Å². The number of nitrogens with zero attached hydrogens (tertiary/aromatic N) is 2. The van der Waals surface area contributed by atoms with Gasteiger partial charge in [-0.25, -0.2) is 4.68 Å². The van der Waals surface area contributed by atoms with Gasteiger partial charge in [0.2, 0.25) is 5.88 Å². The van der Waals surface area contributed by atoms with E-state index in [-0.39, 0.29) is 0 Å². The van der Waals surface area contributed by atoms with E-state index in [9.17, 15) is 0 Å². The van der Waals surface area contributed by atoms with Crippen LogP contribution in [0.5, 0.6) is 11.6 Å². The third-order valence-corrected chi connectivity index (χ3v) is 2.95. The Kier molecular flexibility index (Phi) is 3.55. The van der Waals surface area contributed by atoms with Gasteiger partial charge in [0, 0.05) is 6.54 Å². The Balaban J connectivity index is 2.33. The summed E-state index contributed by atoms with van der Waals surface area (Å²) < 4.78 is 7.65. The van der Waals surface area contributed by atoms with E-state index in [1.54, 1.807) is 4.68 Å². The summed E-state index contributed by atoms with van der Waals surface area (Å²) in [4.78, 5) is 0. The number of hydrogen-bond acceptors (Lipinski definition) is 3. The lowest BCUT2D eigenvalue weighted by Crippen LogP contribution is -2.01. The minimum Gasteiger partial charge on any atom is -0.437 e. The summed E-state index contributed by atoms with van der Waals surface area (Å²) >= 11 is 0. The van der Waals surface area contributed by atoms with Gasteiger partial charge in [0.05, 0.1) is 5.69 Å². The van der Waals surface area contributed by atoms with Gasteiger partial charge in [0.25, 0.3) is 0 Å². The molecule has 0 radical (unpaired) electrons. The number of nitrogens with two attached hydrogens (primary N) is 1. The fourth-order valence-electron chi connectivity index (χ4n) is 1.84. The molecule has 18 heavy (non-hydrogen) atoms. The summed E-state index contributed by atoms with van der Waals surface area (Å²) in [6.45, 7) is 6.76. The Bertz CT molecular complexity index is 546. The Hall–Kier alpha value is -1.97. The minimum absolute atomic E-state index is 0.610. The molecule has 0 fully saturated rings. The second kappa shape index (κ2) is 5.12. The van der Waals surface area contributed by atoms with Crippen LogP contribution in [0.4, 0.5) is 5.69 Å². The van der Waals surface area contributed by atoms with Crippen molar-refractivity contribution in [2.45, 2.75) is 33.7 Å². The van der Waals surface area contributed by atoms with E-state index in [1.165, 1.54) is 5.56 Å². The summed E-state index contributed by atoms with van der Waals surface area (Å²) in [5.41, 5.74) is 8.64. The molecule has 0 saturated carbocycles. The zero-order valence-electron chi connectivity index (χ0n) is 11.1. The van der Waals surface area contributed by atoms with E-state index in [0.717, 1.165) is 24.4 Å². The molecule has 0 spiro atoms. The number of anilines is 1. The van der Waals surface area contributed by atoms with Gasteiger partial charge in [-0.15, -0.1) is 0 Å². The van der Waals surface area contributed by atoms with Gasteiger partial charge in [0.1, 0.15) is 11.4 Å². The first-order valence-electron chi connectivity index (χ1n) is 6.25. The molecule has 0 aliphatic heterocycles. The summed E-state index contributed by atoms with van der Waals surface area (Å²) in [7, 11) is 0. The predicted molar refractivity (Wildman–Crippen MR) is 72.9 cm³/mol. The van der Waals surface area contributed by atoms with Crippen molar-refractivity contribution >= 4 is 5.69 Å². The third-order valence-electron chi connectivity index (χ3n) is 2.95. The monoisotopic (exact) mass is 245 g/mol. The molecule has 2 N–H and O–H groups in total. The third kappa shape index (κ3) is 2.32. The molecule has 2 aromatic rings. The van der Waals surface area contributed by atoms with Crippen LogP contribution in [0.25, 0.3) is 0 Å².